The van der Waals surface area contributed by atoms with E-state index in [-0.39, 0.29) is 23.7 Å². The lowest BCUT2D eigenvalue weighted by molar-refractivity contribution is -0.127. The number of halogens is 2. The number of hydrogen-bond donors (Lipinski definition) is 1. The van der Waals surface area contributed by atoms with E-state index in [2.05, 4.69) is 15.9 Å². The van der Waals surface area contributed by atoms with Crippen LogP contribution in [0.5, 0.6) is 0 Å². The minimum Gasteiger partial charge on any atom is -0.396 e. The van der Waals surface area contributed by atoms with Gasteiger partial charge in [-0.05, 0) is 33.6 Å². The summed E-state index contributed by atoms with van der Waals surface area (Å²) >= 11 is 6.37. The van der Waals surface area contributed by atoms with Crippen molar-refractivity contribution in [2.24, 2.45) is 0 Å². The fraction of sp³-hybridized carbons (Fsp3) is 0.462. The van der Waals surface area contributed by atoms with Crippen LogP contribution < -0.4 is 0 Å². The summed E-state index contributed by atoms with van der Waals surface area (Å²) in [7, 11) is 0. The van der Waals surface area contributed by atoms with Gasteiger partial charge in [0.05, 0.1) is 16.8 Å². The lowest BCUT2D eigenvalue weighted by Crippen LogP contribution is -2.30. The molecule has 20 heavy (non-hydrogen) atoms. The van der Waals surface area contributed by atoms with Crippen molar-refractivity contribution in [2.45, 2.75) is 5.37 Å². The Bertz CT molecular complexity index is 489. The highest BCUT2D eigenvalue weighted by molar-refractivity contribution is 9.10. The summed E-state index contributed by atoms with van der Waals surface area (Å²) in [6, 6.07) is 4.88. The molecule has 0 saturated carbocycles. The molecule has 0 bridgehead atoms. The SMILES string of the molecule is O=C1CSC(c2ccc(F)c(Br)c2)N1CCSCCO. The van der Waals surface area contributed by atoms with Crippen LogP contribution in [0.25, 0.3) is 0 Å². The number of aliphatic hydroxyl groups excluding tert-OH is 1. The third kappa shape index (κ3) is 3.90. The first-order chi connectivity index (χ1) is 9.63. The molecule has 1 unspecified atom stereocenters. The molecule has 1 N–H and O–H groups in total. The van der Waals surface area contributed by atoms with E-state index in [0.29, 0.717) is 22.5 Å². The van der Waals surface area contributed by atoms with Gasteiger partial charge in [0.25, 0.3) is 0 Å². The van der Waals surface area contributed by atoms with E-state index in [1.54, 1.807) is 35.7 Å². The van der Waals surface area contributed by atoms with Gasteiger partial charge in [-0.25, -0.2) is 4.39 Å². The van der Waals surface area contributed by atoms with Gasteiger partial charge in [0.2, 0.25) is 5.91 Å². The summed E-state index contributed by atoms with van der Waals surface area (Å²) in [5.74, 6) is 1.76. The van der Waals surface area contributed by atoms with Crippen molar-refractivity contribution in [2.75, 3.05) is 30.4 Å². The van der Waals surface area contributed by atoms with E-state index in [1.807, 2.05) is 4.90 Å². The molecule has 0 aliphatic carbocycles. The highest BCUT2D eigenvalue weighted by Crippen LogP contribution is 2.39. The van der Waals surface area contributed by atoms with E-state index in [1.165, 1.54) is 6.07 Å². The molecule has 110 valence electrons. The quantitative estimate of drug-likeness (QED) is 0.771. The molecule has 7 heteroatoms. The number of carbonyl (C=O) groups is 1. The normalized spacial score (nSPS) is 18.9. The number of nitrogens with zero attached hydrogens (tertiary/aromatic N) is 1. The zero-order valence-electron chi connectivity index (χ0n) is 10.7. The van der Waals surface area contributed by atoms with Crippen molar-refractivity contribution in [1.82, 2.24) is 4.90 Å². The van der Waals surface area contributed by atoms with Gasteiger partial charge in [-0.1, -0.05) is 6.07 Å². The third-order valence-corrected chi connectivity index (χ3v) is 5.72. The first-order valence-corrected chi connectivity index (χ1v) is 9.17. The Morgan fingerprint density at radius 2 is 2.30 bits per heavy atom. The van der Waals surface area contributed by atoms with Crippen LogP contribution in [0, 0.1) is 5.82 Å². The second-order valence-corrected chi connectivity index (χ2v) is 7.41. The molecule has 1 amide bonds. The van der Waals surface area contributed by atoms with Gasteiger partial charge in [0, 0.05) is 18.1 Å². The van der Waals surface area contributed by atoms with Crippen molar-refractivity contribution in [3.05, 3.63) is 34.1 Å². The zero-order valence-corrected chi connectivity index (χ0v) is 13.9. The molecule has 1 fully saturated rings. The molecule has 1 saturated heterocycles. The van der Waals surface area contributed by atoms with Gasteiger partial charge in [0.15, 0.2) is 0 Å². The molecule has 1 heterocycles. The molecule has 1 aliphatic heterocycles. The highest BCUT2D eigenvalue weighted by Gasteiger charge is 2.32. The van der Waals surface area contributed by atoms with Gasteiger partial charge < -0.3 is 10.0 Å². The number of thioether (sulfide) groups is 2. The molecule has 3 nitrogen and oxygen atoms in total. The van der Waals surface area contributed by atoms with Gasteiger partial charge >= 0.3 is 0 Å². The molecule has 1 aromatic rings. The van der Waals surface area contributed by atoms with Crippen LogP contribution in [0.4, 0.5) is 4.39 Å². The summed E-state index contributed by atoms with van der Waals surface area (Å²) in [5, 5.41) is 8.70. The molecule has 1 aliphatic rings. The van der Waals surface area contributed by atoms with Crippen LogP contribution in [0.15, 0.2) is 22.7 Å². The fourth-order valence-corrected chi connectivity index (χ4v) is 4.23. The van der Waals surface area contributed by atoms with Gasteiger partial charge in [-0.15, -0.1) is 11.8 Å². The summed E-state index contributed by atoms with van der Waals surface area (Å²) in [5.41, 5.74) is 0.932. The molecule has 0 aromatic heterocycles. The molecular weight excluding hydrogens is 365 g/mol. The second kappa shape index (κ2) is 7.68. The first-order valence-electron chi connectivity index (χ1n) is 6.18. The van der Waals surface area contributed by atoms with E-state index >= 15 is 0 Å². The lowest BCUT2D eigenvalue weighted by atomic mass is 10.2. The topological polar surface area (TPSA) is 40.5 Å². The Balaban J connectivity index is 2.05. The summed E-state index contributed by atoms with van der Waals surface area (Å²) in [6.45, 7) is 0.803. The monoisotopic (exact) mass is 379 g/mol. The van der Waals surface area contributed by atoms with E-state index in [4.69, 9.17) is 5.11 Å². The maximum absolute atomic E-state index is 13.3. The fourth-order valence-electron chi connectivity index (χ4n) is 1.97. The van der Waals surface area contributed by atoms with E-state index in [0.717, 1.165) is 11.3 Å². The van der Waals surface area contributed by atoms with E-state index < -0.39 is 0 Å². The highest BCUT2D eigenvalue weighted by atomic mass is 79.9. The lowest BCUT2D eigenvalue weighted by Gasteiger charge is -2.24. The maximum Gasteiger partial charge on any atom is 0.233 e. The van der Waals surface area contributed by atoms with Crippen LogP contribution in [-0.2, 0) is 4.79 Å². The summed E-state index contributed by atoms with van der Waals surface area (Å²) in [4.78, 5) is 13.8. The van der Waals surface area contributed by atoms with Crippen molar-refractivity contribution in [1.29, 1.82) is 0 Å². The average Bonchev–Trinajstić information content (AvgIpc) is 2.79. The summed E-state index contributed by atoms with van der Waals surface area (Å²) < 4.78 is 13.7. The molecule has 0 radical (unpaired) electrons. The van der Waals surface area contributed by atoms with Crippen LogP contribution in [0.2, 0.25) is 0 Å². The zero-order chi connectivity index (χ0) is 14.5. The first kappa shape index (κ1) is 16.1. The van der Waals surface area contributed by atoms with Gasteiger partial charge in [-0.3, -0.25) is 4.79 Å². The molecule has 1 atom stereocenters. The Kier molecular flexibility index (Phi) is 6.20. The Morgan fingerprint density at radius 3 is 3.00 bits per heavy atom. The van der Waals surface area contributed by atoms with Crippen molar-refractivity contribution in [3.8, 4) is 0 Å². The number of hydrogen-bond acceptors (Lipinski definition) is 4. The van der Waals surface area contributed by atoms with E-state index in [9.17, 15) is 9.18 Å². The number of benzene rings is 1. The van der Waals surface area contributed by atoms with Crippen molar-refractivity contribution < 1.29 is 14.3 Å². The second-order valence-electron chi connectivity index (χ2n) is 4.26. The molecular formula is C13H15BrFNO2S2. The number of rotatable bonds is 6. The standard InChI is InChI=1S/C13H15BrFNO2S2/c14-10-7-9(1-2-11(10)15)13-16(12(18)8-20-13)3-5-19-6-4-17/h1-2,7,13,17H,3-6,8H2. The third-order valence-electron chi connectivity index (χ3n) is 2.91. The van der Waals surface area contributed by atoms with Gasteiger partial charge in [-0.2, -0.15) is 11.8 Å². The Labute approximate surface area is 134 Å². The van der Waals surface area contributed by atoms with Gasteiger partial charge in [0.1, 0.15) is 11.2 Å². The predicted molar refractivity (Wildman–Crippen MR) is 85.4 cm³/mol. The predicted octanol–water partition coefficient (Wildman–Crippen LogP) is 2.89. The van der Waals surface area contributed by atoms with Crippen LogP contribution in [0.3, 0.4) is 0 Å². The largest absolute Gasteiger partial charge is 0.396 e. The Hall–Kier alpha value is -0.240. The number of aliphatic hydroxyl groups is 1. The van der Waals surface area contributed by atoms with Crippen molar-refractivity contribution in [3.63, 3.8) is 0 Å². The minimum absolute atomic E-state index is 0.0471. The van der Waals surface area contributed by atoms with Crippen LogP contribution in [0.1, 0.15) is 10.9 Å². The van der Waals surface area contributed by atoms with Crippen LogP contribution >= 0.6 is 39.5 Å². The molecule has 1 aromatic carbocycles. The molecule has 0 spiro atoms. The molecule has 2 rings (SSSR count). The number of amides is 1. The minimum atomic E-state index is -0.298. The number of carbonyl (C=O) groups excluding carboxylic acids is 1. The van der Waals surface area contributed by atoms with Crippen molar-refractivity contribution >= 4 is 45.4 Å². The summed E-state index contributed by atoms with van der Waals surface area (Å²) in [6.07, 6.45) is 0. The average molecular weight is 380 g/mol. The van der Waals surface area contributed by atoms with Crippen LogP contribution in [-0.4, -0.2) is 46.3 Å². The maximum atomic E-state index is 13.3. The smallest absolute Gasteiger partial charge is 0.233 e. The Morgan fingerprint density at radius 1 is 1.50 bits per heavy atom.